The maximum absolute atomic E-state index is 14.3. The summed E-state index contributed by atoms with van der Waals surface area (Å²) < 4.78 is 12.7. The monoisotopic (exact) mass is 624 g/mol. The average Bonchev–Trinajstić information content (AvgIpc) is 3.02. The number of fused-ring (bicyclic) bond motifs is 1. The molecule has 0 saturated heterocycles. The molecule has 2 N–H and O–H groups in total. The lowest BCUT2D eigenvalue weighted by molar-refractivity contribution is -0.132. The van der Waals surface area contributed by atoms with E-state index in [1.165, 1.54) is 0 Å². The Kier molecular flexibility index (Phi) is 14.3. The van der Waals surface area contributed by atoms with Gasteiger partial charge in [-0.15, -0.1) is 0 Å². The highest BCUT2D eigenvalue weighted by atomic mass is 16.5. The Morgan fingerprint density at radius 1 is 1.09 bits per heavy atom. The van der Waals surface area contributed by atoms with Crippen LogP contribution in [0.25, 0.3) is 0 Å². The number of hydrogen-bond acceptors (Lipinski definition) is 7. The molecule has 0 spiro atoms. The lowest BCUT2D eigenvalue weighted by Gasteiger charge is -2.36. The molecular formula is C35H52N4O6. The Hall–Kier alpha value is -3.47. The highest BCUT2D eigenvalue weighted by molar-refractivity contribution is 6.05. The van der Waals surface area contributed by atoms with Gasteiger partial charge in [0.05, 0.1) is 30.4 Å². The Bertz CT molecular complexity index is 1240. The second-order valence-electron chi connectivity index (χ2n) is 12.5. The fraction of sp³-hybridized carbons (Fsp3) is 0.571. The van der Waals surface area contributed by atoms with Gasteiger partial charge in [0.15, 0.2) is 0 Å². The third kappa shape index (κ3) is 11.1. The van der Waals surface area contributed by atoms with Gasteiger partial charge in [0.25, 0.3) is 11.8 Å². The Balaban J connectivity index is 1.89. The summed E-state index contributed by atoms with van der Waals surface area (Å²) in [4.78, 5) is 45.5. The lowest BCUT2D eigenvalue weighted by atomic mass is 10.0. The van der Waals surface area contributed by atoms with Gasteiger partial charge < -0.3 is 34.6 Å². The predicted molar refractivity (Wildman–Crippen MR) is 177 cm³/mol. The van der Waals surface area contributed by atoms with Gasteiger partial charge in [0.1, 0.15) is 5.75 Å². The van der Waals surface area contributed by atoms with Crippen molar-refractivity contribution in [3.63, 3.8) is 0 Å². The molecule has 3 rings (SSSR count). The molecule has 45 heavy (non-hydrogen) atoms. The molecule has 4 atom stereocenters. The van der Waals surface area contributed by atoms with Crippen LogP contribution in [0.1, 0.15) is 73.6 Å². The van der Waals surface area contributed by atoms with Crippen LogP contribution < -0.4 is 10.1 Å². The van der Waals surface area contributed by atoms with E-state index in [2.05, 4.69) is 10.2 Å². The van der Waals surface area contributed by atoms with Crippen LogP contribution in [0.5, 0.6) is 5.75 Å². The molecule has 3 amide bonds. The molecule has 0 saturated carbocycles. The zero-order valence-corrected chi connectivity index (χ0v) is 27.8. The molecule has 2 aromatic rings. The molecular weight excluding hydrogens is 572 g/mol. The van der Waals surface area contributed by atoms with E-state index < -0.39 is 6.04 Å². The molecule has 0 aromatic heterocycles. The van der Waals surface area contributed by atoms with E-state index in [-0.39, 0.29) is 42.5 Å². The number of rotatable bonds is 10. The van der Waals surface area contributed by atoms with Crippen molar-refractivity contribution in [2.75, 3.05) is 59.3 Å². The number of nitrogens with zero attached hydrogens (tertiary/aromatic N) is 3. The summed E-state index contributed by atoms with van der Waals surface area (Å²) in [7, 11) is 5.79. The van der Waals surface area contributed by atoms with Gasteiger partial charge in [-0.05, 0) is 90.5 Å². The summed E-state index contributed by atoms with van der Waals surface area (Å²) in [6.07, 6.45) is 3.26. The van der Waals surface area contributed by atoms with Crippen molar-refractivity contribution in [2.24, 2.45) is 5.92 Å². The van der Waals surface area contributed by atoms with Crippen LogP contribution in [0.2, 0.25) is 0 Å². The second-order valence-corrected chi connectivity index (χ2v) is 12.5. The van der Waals surface area contributed by atoms with E-state index in [9.17, 15) is 19.5 Å². The first-order valence-corrected chi connectivity index (χ1v) is 16.1. The highest BCUT2D eigenvalue weighted by Crippen LogP contribution is 2.29. The fourth-order valence-electron chi connectivity index (χ4n) is 5.36. The van der Waals surface area contributed by atoms with Crippen molar-refractivity contribution < 1.29 is 29.0 Å². The number of amides is 3. The number of carbonyl (C=O) groups is 3. The minimum Gasteiger partial charge on any atom is -0.490 e. The third-order valence-corrected chi connectivity index (χ3v) is 8.22. The van der Waals surface area contributed by atoms with Crippen molar-refractivity contribution in [3.8, 4) is 5.75 Å². The maximum atomic E-state index is 14.3. The van der Waals surface area contributed by atoms with Crippen LogP contribution in [-0.2, 0) is 9.53 Å². The second kappa shape index (κ2) is 17.9. The summed E-state index contributed by atoms with van der Waals surface area (Å²) in [5.74, 6) is -0.250. The van der Waals surface area contributed by atoms with Crippen LogP contribution in [0.15, 0.2) is 48.5 Å². The minimum atomic E-state index is -0.494. The topological polar surface area (TPSA) is 112 Å². The molecule has 1 heterocycles. The Morgan fingerprint density at radius 2 is 1.82 bits per heavy atom. The molecule has 1 aliphatic heterocycles. The van der Waals surface area contributed by atoms with Crippen LogP contribution in [0.3, 0.4) is 0 Å². The highest BCUT2D eigenvalue weighted by Gasteiger charge is 2.31. The largest absolute Gasteiger partial charge is 0.490 e. The van der Waals surface area contributed by atoms with Crippen molar-refractivity contribution in [1.29, 1.82) is 0 Å². The molecule has 0 radical (unpaired) electrons. The fourth-order valence-corrected chi connectivity index (χ4v) is 5.36. The van der Waals surface area contributed by atoms with Crippen LogP contribution in [0, 0.1) is 5.92 Å². The van der Waals surface area contributed by atoms with E-state index in [1.807, 2.05) is 34.0 Å². The molecule has 10 nitrogen and oxygen atoms in total. The first-order chi connectivity index (χ1) is 21.5. The zero-order valence-electron chi connectivity index (χ0n) is 27.8. The van der Waals surface area contributed by atoms with Crippen LogP contribution in [0.4, 0.5) is 5.69 Å². The van der Waals surface area contributed by atoms with Gasteiger partial charge >= 0.3 is 0 Å². The molecule has 248 valence electrons. The van der Waals surface area contributed by atoms with Crippen molar-refractivity contribution in [2.45, 2.75) is 71.1 Å². The number of aliphatic hydroxyl groups excluding tert-OH is 1. The number of hydrogen-bond donors (Lipinski definition) is 2. The van der Waals surface area contributed by atoms with Gasteiger partial charge in [-0.2, -0.15) is 0 Å². The van der Waals surface area contributed by atoms with Gasteiger partial charge in [0.2, 0.25) is 5.91 Å². The average molecular weight is 625 g/mol. The van der Waals surface area contributed by atoms with Gasteiger partial charge in [0, 0.05) is 50.3 Å². The number of carbonyl (C=O) groups excluding carboxylic acids is 3. The predicted octanol–water partition coefficient (Wildman–Crippen LogP) is 4.53. The standard InChI is InChI=1S/C35H52N4O6/c1-25-22-39(26(2)24-40)35(43)30-21-29(36-34(42)28-14-8-7-9-15-28)17-18-31(30)45-27(3)13-10-11-20-44-32(25)23-38(6)33(41)16-12-19-37(4)5/h7-9,14-15,17-18,21,25-27,32,40H,10-13,16,19-20,22-24H2,1-6H3,(H,36,42)/t25-,26+,27+,32-/m0/s1. The molecule has 0 unspecified atom stereocenters. The third-order valence-electron chi connectivity index (χ3n) is 8.22. The first-order valence-electron chi connectivity index (χ1n) is 16.1. The van der Waals surface area contributed by atoms with Gasteiger partial charge in [-0.1, -0.05) is 25.1 Å². The van der Waals surface area contributed by atoms with Crippen molar-refractivity contribution in [1.82, 2.24) is 14.7 Å². The first kappa shape index (κ1) is 36.0. The summed E-state index contributed by atoms with van der Waals surface area (Å²) in [6, 6.07) is 13.5. The summed E-state index contributed by atoms with van der Waals surface area (Å²) >= 11 is 0. The van der Waals surface area contributed by atoms with Crippen molar-refractivity contribution in [3.05, 3.63) is 59.7 Å². The van der Waals surface area contributed by atoms with E-state index in [0.29, 0.717) is 48.7 Å². The minimum absolute atomic E-state index is 0.0636. The SMILES string of the molecule is C[C@@H]1CCCCO[C@@H](CN(C)C(=O)CCCN(C)C)[C@@H](C)CN([C@H](C)CO)C(=O)c2cc(NC(=O)c3ccccc3)ccc2O1. The summed E-state index contributed by atoms with van der Waals surface area (Å²) in [6.45, 7) is 7.64. The molecule has 0 aliphatic carbocycles. The number of ether oxygens (including phenoxy) is 2. The molecule has 0 bridgehead atoms. The molecule has 0 fully saturated rings. The Labute approximate surface area is 268 Å². The Morgan fingerprint density at radius 3 is 2.51 bits per heavy atom. The van der Waals surface area contributed by atoms with Crippen LogP contribution in [-0.4, -0.2) is 110 Å². The molecule has 2 aromatic carbocycles. The lowest BCUT2D eigenvalue weighted by Crippen LogP contribution is -2.48. The van der Waals surface area contributed by atoms with E-state index >= 15 is 0 Å². The van der Waals surface area contributed by atoms with E-state index in [4.69, 9.17) is 9.47 Å². The number of anilines is 1. The smallest absolute Gasteiger partial charge is 0.258 e. The van der Waals surface area contributed by atoms with Crippen molar-refractivity contribution >= 4 is 23.4 Å². The van der Waals surface area contributed by atoms with Gasteiger partial charge in [-0.3, -0.25) is 14.4 Å². The summed E-state index contributed by atoms with van der Waals surface area (Å²) in [5.41, 5.74) is 1.28. The molecule has 10 heteroatoms. The summed E-state index contributed by atoms with van der Waals surface area (Å²) in [5, 5.41) is 13.1. The van der Waals surface area contributed by atoms with E-state index in [0.717, 1.165) is 32.2 Å². The number of aliphatic hydroxyl groups is 1. The zero-order chi connectivity index (χ0) is 32.9. The number of nitrogens with one attached hydrogen (secondary N) is 1. The maximum Gasteiger partial charge on any atom is 0.258 e. The van der Waals surface area contributed by atoms with Crippen LogP contribution >= 0.6 is 0 Å². The quantitative estimate of drug-likeness (QED) is 0.400. The van der Waals surface area contributed by atoms with Gasteiger partial charge in [-0.25, -0.2) is 0 Å². The normalized spacial score (nSPS) is 20.5. The number of benzene rings is 2. The van der Waals surface area contributed by atoms with E-state index in [1.54, 1.807) is 66.2 Å². The number of likely N-dealkylation sites (N-methyl/N-ethyl adjacent to an activating group) is 1. The molecule has 1 aliphatic rings.